The molecule has 45 heavy (non-hydrogen) atoms. The van der Waals surface area contributed by atoms with Crippen molar-refractivity contribution < 1.29 is 34.4 Å². The maximum Gasteiger partial charge on any atom is 0.306 e. The summed E-state index contributed by atoms with van der Waals surface area (Å²) < 4.78 is 10.2. The first-order valence-electron chi connectivity index (χ1n) is 17.1. The van der Waals surface area contributed by atoms with Crippen LogP contribution in [0.1, 0.15) is 117 Å². The summed E-state index contributed by atoms with van der Waals surface area (Å²) in [4.78, 5) is 23.8. The molecule has 0 unspecified atom stereocenters. The SMILES string of the molecule is CC/C=C\C[C@@H](O)/C=C/C=C\C=C\[C@@H](O)C/C=C\C/C=C\CCC(=O)OC[C@@H](O)COC(=O)CCCCCCCCCC(C)C. The number of allylic oxidation sites excluding steroid dienone is 8. The molecule has 7 nitrogen and oxygen atoms in total. The summed E-state index contributed by atoms with van der Waals surface area (Å²) >= 11 is 0. The second-order valence-electron chi connectivity index (χ2n) is 11.8. The molecular weight excluding hydrogens is 568 g/mol. The van der Waals surface area contributed by atoms with Gasteiger partial charge in [0.2, 0.25) is 0 Å². The minimum Gasteiger partial charge on any atom is -0.463 e. The summed E-state index contributed by atoms with van der Waals surface area (Å²) in [6.45, 7) is 6.20. The highest BCUT2D eigenvalue weighted by molar-refractivity contribution is 5.70. The average molecular weight is 631 g/mol. The van der Waals surface area contributed by atoms with Crippen LogP contribution < -0.4 is 0 Å². The number of ether oxygens (including phenoxy) is 2. The van der Waals surface area contributed by atoms with Gasteiger partial charge in [0, 0.05) is 12.8 Å². The van der Waals surface area contributed by atoms with Gasteiger partial charge in [-0.25, -0.2) is 0 Å². The first-order valence-corrected chi connectivity index (χ1v) is 17.1. The van der Waals surface area contributed by atoms with Crippen LogP contribution in [0.5, 0.6) is 0 Å². The molecule has 0 fully saturated rings. The van der Waals surface area contributed by atoms with Crippen LogP contribution in [0.2, 0.25) is 0 Å². The third-order valence-corrected chi connectivity index (χ3v) is 6.81. The normalized spacial score (nSPS) is 14.6. The molecule has 0 aromatic carbocycles. The Morgan fingerprint density at radius 2 is 1.13 bits per heavy atom. The molecule has 0 heterocycles. The molecule has 0 bridgehead atoms. The molecule has 3 atom stereocenters. The molecule has 256 valence electrons. The molecule has 0 spiro atoms. The summed E-state index contributed by atoms with van der Waals surface area (Å²) in [5, 5.41) is 29.7. The Morgan fingerprint density at radius 3 is 1.71 bits per heavy atom. The van der Waals surface area contributed by atoms with Gasteiger partial charge in [-0.2, -0.15) is 0 Å². The first-order chi connectivity index (χ1) is 21.7. The second-order valence-corrected chi connectivity index (χ2v) is 11.8. The van der Waals surface area contributed by atoms with Crippen LogP contribution >= 0.6 is 0 Å². The van der Waals surface area contributed by atoms with E-state index in [9.17, 15) is 24.9 Å². The van der Waals surface area contributed by atoms with Gasteiger partial charge in [-0.15, -0.1) is 0 Å². The maximum atomic E-state index is 11.9. The van der Waals surface area contributed by atoms with Crippen molar-refractivity contribution in [3.63, 3.8) is 0 Å². The highest BCUT2D eigenvalue weighted by atomic mass is 16.6. The Morgan fingerprint density at radius 1 is 0.622 bits per heavy atom. The minimum atomic E-state index is -1.03. The van der Waals surface area contributed by atoms with Crippen molar-refractivity contribution in [2.45, 2.75) is 135 Å². The van der Waals surface area contributed by atoms with Crippen LogP contribution in [0.25, 0.3) is 0 Å². The van der Waals surface area contributed by atoms with Crippen LogP contribution in [0, 0.1) is 5.92 Å². The molecule has 0 saturated carbocycles. The summed E-state index contributed by atoms with van der Waals surface area (Å²) in [5.41, 5.74) is 0. The molecule has 7 heteroatoms. The number of carbonyl (C=O) groups excluding carboxylic acids is 2. The molecule has 0 radical (unpaired) electrons. The van der Waals surface area contributed by atoms with Gasteiger partial charge >= 0.3 is 11.9 Å². The van der Waals surface area contributed by atoms with E-state index in [-0.39, 0.29) is 25.6 Å². The van der Waals surface area contributed by atoms with Gasteiger partial charge in [0.15, 0.2) is 0 Å². The summed E-state index contributed by atoms with van der Waals surface area (Å²) in [7, 11) is 0. The van der Waals surface area contributed by atoms with Crippen molar-refractivity contribution in [1.29, 1.82) is 0 Å². The quantitative estimate of drug-likeness (QED) is 0.0347. The number of aliphatic hydroxyl groups is 3. The Kier molecular flexibility index (Phi) is 29.3. The van der Waals surface area contributed by atoms with E-state index in [4.69, 9.17) is 9.47 Å². The monoisotopic (exact) mass is 630 g/mol. The number of hydrogen-bond donors (Lipinski definition) is 3. The van der Waals surface area contributed by atoms with Crippen molar-refractivity contribution in [3.05, 3.63) is 72.9 Å². The highest BCUT2D eigenvalue weighted by Gasteiger charge is 2.11. The second kappa shape index (κ2) is 31.3. The largest absolute Gasteiger partial charge is 0.463 e. The standard InChI is InChI=1S/C38H62O7/c1-4-5-17-25-34(39)27-20-15-16-21-28-35(40)26-19-12-9-10-14-23-30-38(43)45-32-36(41)31-44-37(42)29-22-13-8-6-7-11-18-24-33(2)3/h5,10,12,14-17,19-21,27-28,33-36,39-41H,4,6-9,11,13,18,22-26,29-32H2,1-3H3/b14-10-,16-15-,17-5-,19-12-,27-20+,28-21+/t34-,35+,36+/m1/s1. The molecule has 0 aliphatic heterocycles. The van der Waals surface area contributed by atoms with Crippen LogP contribution in [0.15, 0.2) is 72.9 Å². The van der Waals surface area contributed by atoms with Crippen molar-refractivity contribution >= 4 is 11.9 Å². The number of rotatable bonds is 28. The Hall–Kier alpha value is -2.74. The number of esters is 2. The van der Waals surface area contributed by atoms with Crippen LogP contribution in [-0.4, -0.2) is 58.8 Å². The molecule has 0 aromatic rings. The topological polar surface area (TPSA) is 113 Å². The van der Waals surface area contributed by atoms with Gasteiger partial charge in [-0.05, 0) is 44.4 Å². The lowest BCUT2D eigenvalue weighted by molar-refractivity contribution is -0.152. The maximum absolute atomic E-state index is 11.9. The fourth-order valence-electron chi connectivity index (χ4n) is 4.17. The van der Waals surface area contributed by atoms with E-state index in [1.807, 2.05) is 42.5 Å². The van der Waals surface area contributed by atoms with Crippen LogP contribution in [0.3, 0.4) is 0 Å². The smallest absolute Gasteiger partial charge is 0.306 e. The van der Waals surface area contributed by atoms with E-state index in [1.54, 1.807) is 30.4 Å². The Labute approximate surface area is 273 Å². The predicted molar refractivity (Wildman–Crippen MR) is 185 cm³/mol. The number of aliphatic hydroxyl groups excluding tert-OH is 3. The van der Waals surface area contributed by atoms with Gasteiger partial charge in [0.1, 0.15) is 19.3 Å². The summed E-state index contributed by atoms with van der Waals surface area (Å²) in [6, 6.07) is 0. The third kappa shape index (κ3) is 32.5. The van der Waals surface area contributed by atoms with Crippen molar-refractivity contribution in [2.24, 2.45) is 5.92 Å². The van der Waals surface area contributed by atoms with E-state index in [0.717, 1.165) is 31.6 Å². The zero-order chi connectivity index (χ0) is 33.4. The lowest BCUT2D eigenvalue weighted by atomic mass is 10.0. The summed E-state index contributed by atoms with van der Waals surface area (Å²) in [5.74, 6) is 0.0382. The third-order valence-electron chi connectivity index (χ3n) is 6.81. The first kappa shape index (κ1) is 42.3. The number of hydrogen-bond acceptors (Lipinski definition) is 7. The lowest BCUT2D eigenvalue weighted by Crippen LogP contribution is -2.25. The zero-order valence-electron chi connectivity index (χ0n) is 28.2. The van der Waals surface area contributed by atoms with Gasteiger partial charge in [0.25, 0.3) is 0 Å². The Bertz CT molecular complexity index is 898. The molecule has 0 saturated heterocycles. The molecular formula is C38H62O7. The van der Waals surface area contributed by atoms with E-state index >= 15 is 0 Å². The van der Waals surface area contributed by atoms with Gasteiger partial charge < -0.3 is 24.8 Å². The lowest BCUT2D eigenvalue weighted by Gasteiger charge is -2.12. The molecule has 3 N–H and O–H groups in total. The van der Waals surface area contributed by atoms with E-state index in [1.165, 1.54) is 32.1 Å². The van der Waals surface area contributed by atoms with Crippen LogP contribution in [0.4, 0.5) is 0 Å². The zero-order valence-corrected chi connectivity index (χ0v) is 28.2. The van der Waals surface area contributed by atoms with Gasteiger partial charge in [0.05, 0.1) is 12.2 Å². The van der Waals surface area contributed by atoms with E-state index in [0.29, 0.717) is 32.1 Å². The van der Waals surface area contributed by atoms with Crippen LogP contribution in [-0.2, 0) is 19.1 Å². The van der Waals surface area contributed by atoms with E-state index < -0.39 is 24.3 Å². The molecule has 0 amide bonds. The highest BCUT2D eigenvalue weighted by Crippen LogP contribution is 2.13. The average Bonchev–Trinajstić information content (AvgIpc) is 3.01. The molecule has 0 rings (SSSR count). The fraction of sp³-hybridized carbons (Fsp3) is 0.632. The number of unbranched alkanes of at least 4 members (excludes halogenated alkanes) is 6. The Balaban J connectivity index is 3.80. The van der Waals surface area contributed by atoms with Crippen molar-refractivity contribution in [3.8, 4) is 0 Å². The molecule has 0 aromatic heterocycles. The summed E-state index contributed by atoms with van der Waals surface area (Å²) in [6.07, 6.45) is 33.3. The number of carbonyl (C=O) groups is 2. The van der Waals surface area contributed by atoms with Crippen molar-refractivity contribution in [1.82, 2.24) is 0 Å². The van der Waals surface area contributed by atoms with Gasteiger partial charge in [-0.3, -0.25) is 9.59 Å². The molecule has 0 aliphatic carbocycles. The minimum absolute atomic E-state index is 0.171. The van der Waals surface area contributed by atoms with Gasteiger partial charge in [-0.1, -0.05) is 139 Å². The van der Waals surface area contributed by atoms with E-state index in [2.05, 4.69) is 20.8 Å². The van der Waals surface area contributed by atoms with Crippen molar-refractivity contribution in [2.75, 3.05) is 13.2 Å². The predicted octanol–water partition coefficient (Wildman–Crippen LogP) is 8.02. The molecule has 0 aliphatic rings. The fourth-order valence-corrected chi connectivity index (χ4v) is 4.17.